The van der Waals surface area contributed by atoms with Crippen LogP contribution in [0.3, 0.4) is 0 Å². The summed E-state index contributed by atoms with van der Waals surface area (Å²) in [7, 11) is 1.71. The fourth-order valence-corrected chi connectivity index (χ4v) is 3.48. The quantitative estimate of drug-likeness (QED) is 0.699. The standard InChI is InChI=1S/C14H28N2O2/c1-17-8-9-18-7-3-6-16-13-4-2-5-14(16)11-12(15)10-13/h12-14H,2-11,15H2,1H3. The number of ether oxygens (including phenoxy) is 2. The number of hydrogen-bond acceptors (Lipinski definition) is 4. The van der Waals surface area contributed by atoms with E-state index in [2.05, 4.69) is 4.90 Å². The van der Waals surface area contributed by atoms with Crippen LogP contribution in [0.1, 0.15) is 38.5 Å². The van der Waals surface area contributed by atoms with Gasteiger partial charge in [0, 0.05) is 38.4 Å². The second kappa shape index (κ2) is 7.43. The highest BCUT2D eigenvalue weighted by Gasteiger charge is 2.36. The van der Waals surface area contributed by atoms with E-state index in [-0.39, 0.29) is 0 Å². The molecule has 2 rings (SSSR count). The topological polar surface area (TPSA) is 47.7 Å². The molecular formula is C14H28N2O2. The van der Waals surface area contributed by atoms with E-state index < -0.39 is 0 Å². The van der Waals surface area contributed by atoms with E-state index in [1.54, 1.807) is 7.11 Å². The van der Waals surface area contributed by atoms with Crippen LogP contribution < -0.4 is 5.73 Å². The van der Waals surface area contributed by atoms with Crippen molar-refractivity contribution < 1.29 is 9.47 Å². The number of rotatable bonds is 7. The van der Waals surface area contributed by atoms with Crippen molar-refractivity contribution in [2.24, 2.45) is 5.73 Å². The molecule has 0 spiro atoms. The summed E-state index contributed by atoms with van der Waals surface area (Å²) in [5, 5.41) is 0. The molecule has 0 aromatic rings. The lowest BCUT2D eigenvalue weighted by molar-refractivity contribution is 0.0171. The van der Waals surface area contributed by atoms with Crippen molar-refractivity contribution in [2.75, 3.05) is 33.5 Å². The molecule has 2 bridgehead atoms. The number of methoxy groups -OCH3 is 1. The van der Waals surface area contributed by atoms with Gasteiger partial charge in [-0.2, -0.15) is 0 Å². The Labute approximate surface area is 111 Å². The lowest BCUT2D eigenvalue weighted by Gasteiger charge is -2.48. The fourth-order valence-electron chi connectivity index (χ4n) is 3.48. The summed E-state index contributed by atoms with van der Waals surface area (Å²) in [6.07, 6.45) is 7.60. The van der Waals surface area contributed by atoms with Crippen molar-refractivity contribution in [1.82, 2.24) is 4.90 Å². The van der Waals surface area contributed by atoms with Gasteiger partial charge < -0.3 is 15.2 Å². The van der Waals surface area contributed by atoms with E-state index in [0.29, 0.717) is 19.3 Å². The molecule has 0 aromatic carbocycles. The van der Waals surface area contributed by atoms with Crippen LogP contribution in [0.5, 0.6) is 0 Å². The van der Waals surface area contributed by atoms with E-state index in [9.17, 15) is 0 Å². The molecule has 0 aromatic heterocycles. The molecule has 2 unspecified atom stereocenters. The third kappa shape index (κ3) is 3.92. The second-order valence-electron chi connectivity index (χ2n) is 5.67. The first kappa shape index (κ1) is 14.3. The minimum absolute atomic E-state index is 0.439. The van der Waals surface area contributed by atoms with Crippen LogP contribution in [-0.2, 0) is 9.47 Å². The number of nitrogens with zero attached hydrogens (tertiary/aromatic N) is 1. The molecule has 2 aliphatic heterocycles. The monoisotopic (exact) mass is 256 g/mol. The zero-order valence-electron chi connectivity index (χ0n) is 11.6. The van der Waals surface area contributed by atoms with Crippen LogP contribution in [0, 0.1) is 0 Å². The summed E-state index contributed by atoms with van der Waals surface area (Å²) < 4.78 is 10.5. The van der Waals surface area contributed by atoms with E-state index in [1.165, 1.54) is 38.6 Å². The summed E-state index contributed by atoms with van der Waals surface area (Å²) in [6.45, 7) is 3.44. The summed E-state index contributed by atoms with van der Waals surface area (Å²) >= 11 is 0. The van der Waals surface area contributed by atoms with Crippen molar-refractivity contribution in [2.45, 2.75) is 56.7 Å². The van der Waals surface area contributed by atoms with E-state index in [1.807, 2.05) is 0 Å². The number of piperidine rings is 2. The SMILES string of the molecule is COCCOCCCN1C2CCCC1CC(N)C2. The van der Waals surface area contributed by atoms with Gasteiger partial charge in [-0.25, -0.2) is 0 Å². The Morgan fingerprint density at radius 1 is 1.11 bits per heavy atom. The zero-order valence-corrected chi connectivity index (χ0v) is 11.6. The predicted molar refractivity (Wildman–Crippen MR) is 72.7 cm³/mol. The van der Waals surface area contributed by atoms with Crippen molar-refractivity contribution in [3.63, 3.8) is 0 Å². The Hall–Kier alpha value is -0.160. The van der Waals surface area contributed by atoms with Crippen LogP contribution in [0.2, 0.25) is 0 Å². The summed E-state index contributed by atoms with van der Waals surface area (Å²) in [4.78, 5) is 2.70. The van der Waals surface area contributed by atoms with Gasteiger partial charge in [-0.1, -0.05) is 6.42 Å². The Bertz CT molecular complexity index is 224. The number of nitrogens with two attached hydrogens (primary N) is 1. The van der Waals surface area contributed by atoms with Gasteiger partial charge >= 0.3 is 0 Å². The van der Waals surface area contributed by atoms with E-state index in [0.717, 1.165) is 25.1 Å². The van der Waals surface area contributed by atoms with E-state index in [4.69, 9.17) is 15.2 Å². The molecule has 18 heavy (non-hydrogen) atoms. The minimum atomic E-state index is 0.439. The smallest absolute Gasteiger partial charge is 0.0700 e. The van der Waals surface area contributed by atoms with Crippen molar-refractivity contribution in [1.29, 1.82) is 0 Å². The lowest BCUT2D eigenvalue weighted by Crippen LogP contribution is -2.55. The maximum absolute atomic E-state index is 6.13. The van der Waals surface area contributed by atoms with Crippen LogP contribution >= 0.6 is 0 Å². The van der Waals surface area contributed by atoms with Gasteiger partial charge in [0.05, 0.1) is 13.2 Å². The third-order valence-corrected chi connectivity index (χ3v) is 4.30. The molecular weight excluding hydrogens is 228 g/mol. The Morgan fingerprint density at radius 3 is 2.50 bits per heavy atom. The molecule has 2 heterocycles. The van der Waals surface area contributed by atoms with Crippen molar-refractivity contribution >= 4 is 0 Å². The van der Waals surface area contributed by atoms with Crippen molar-refractivity contribution in [3.8, 4) is 0 Å². The van der Waals surface area contributed by atoms with Gasteiger partial charge in [-0.15, -0.1) is 0 Å². The van der Waals surface area contributed by atoms with Gasteiger partial charge in [-0.3, -0.25) is 4.90 Å². The molecule has 0 saturated carbocycles. The lowest BCUT2D eigenvalue weighted by atomic mass is 9.82. The molecule has 2 atom stereocenters. The molecule has 4 heteroatoms. The third-order valence-electron chi connectivity index (χ3n) is 4.30. The maximum Gasteiger partial charge on any atom is 0.0700 e. The molecule has 2 fully saturated rings. The molecule has 106 valence electrons. The average molecular weight is 256 g/mol. The molecule has 2 N–H and O–H groups in total. The van der Waals surface area contributed by atoms with Gasteiger partial charge in [-0.05, 0) is 32.1 Å². The fraction of sp³-hybridized carbons (Fsp3) is 1.00. The Morgan fingerprint density at radius 2 is 1.83 bits per heavy atom. The number of hydrogen-bond donors (Lipinski definition) is 1. The Balaban J connectivity index is 1.65. The first-order chi connectivity index (χ1) is 8.81. The highest BCUT2D eigenvalue weighted by atomic mass is 16.5. The first-order valence-corrected chi connectivity index (χ1v) is 7.39. The first-order valence-electron chi connectivity index (χ1n) is 7.39. The van der Waals surface area contributed by atoms with Gasteiger partial charge in [0.1, 0.15) is 0 Å². The van der Waals surface area contributed by atoms with Crippen LogP contribution in [0.4, 0.5) is 0 Å². The summed E-state index contributed by atoms with van der Waals surface area (Å²) in [5.41, 5.74) is 6.13. The summed E-state index contributed by atoms with van der Waals surface area (Å²) in [6, 6.07) is 1.92. The molecule has 2 saturated heterocycles. The van der Waals surface area contributed by atoms with Crippen LogP contribution in [-0.4, -0.2) is 56.5 Å². The Kier molecular flexibility index (Phi) is 5.89. The number of fused-ring (bicyclic) bond motifs is 2. The molecule has 0 radical (unpaired) electrons. The highest BCUT2D eigenvalue weighted by molar-refractivity contribution is 4.93. The maximum atomic E-state index is 6.13. The largest absolute Gasteiger partial charge is 0.382 e. The molecule has 2 aliphatic rings. The van der Waals surface area contributed by atoms with Crippen LogP contribution in [0.15, 0.2) is 0 Å². The summed E-state index contributed by atoms with van der Waals surface area (Å²) in [5.74, 6) is 0. The van der Waals surface area contributed by atoms with Crippen LogP contribution in [0.25, 0.3) is 0 Å². The van der Waals surface area contributed by atoms with Gasteiger partial charge in [0.2, 0.25) is 0 Å². The van der Waals surface area contributed by atoms with E-state index >= 15 is 0 Å². The predicted octanol–water partition coefficient (Wildman–Crippen LogP) is 1.38. The highest BCUT2D eigenvalue weighted by Crippen LogP contribution is 2.33. The zero-order chi connectivity index (χ0) is 12.8. The average Bonchev–Trinajstić information content (AvgIpc) is 2.34. The normalized spacial score (nSPS) is 32.7. The van der Waals surface area contributed by atoms with Crippen molar-refractivity contribution in [3.05, 3.63) is 0 Å². The van der Waals surface area contributed by atoms with Gasteiger partial charge in [0.25, 0.3) is 0 Å². The second-order valence-corrected chi connectivity index (χ2v) is 5.67. The molecule has 4 nitrogen and oxygen atoms in total. The molecule has 0 amide bonds. The molecule has 0 aliphatic carbocycles. The minimum Gasteiger partial charge on any atom is -0.382 e. The van der Waals surface area contributed by atoms with Gasteiger partial charge in [0.15, 0.2) is 0 Å².